The first-order valence-corrected chi connectivity index (χ1v) is 7.41. The summed E-state index contributed by atoms with van der Waals surface area (Å²) in [4.78, 5) is 27.3. The van der Waals surface area contributed by atoms with E-state index < -0.39 is 0 Å². The van der Waals surface area contributed by atoms with Crippen molar-refractivity contribution in [3.8, 4) is 0 Å². The van der Waals surface area contributed by atoms with Crippen molar-refractivity contribution in [2.45, 2.75) is 6.42 Å². The molecule has 1 aliphatic heterocycles. The fraction of sp³-hybridized carbons (Fsp3) is 0.429. The van der Waals surface area contributed by atoms with E-state index >= 15 is 0 Å². The van der Waals surface area contributed by atoms with Gasteiger partial charge in [-0.2, -0.15) is 0 Å². The van der Waals surface area contributed by atoms with Gasteiger partial charge in [0.15, 0.2) is 0 Å². The van der Waals surface area contributed by atoms with E-state index in [2.05, 4.69) is 15.9 Å². The Morgan fingerprint density at radius 3 is 2.60 bits per heavy atom. The summed E-state index contributed by atoms with van der Waals surface area (Å²) in [5, 5.41) is 0. The van der Waals surface area contributed by atoms with Gasteiger partial charge in [0.1, 0.15) is 0 Å². The maximum absolute atomic E-state index is 12.5. The first kappa shape index (κ1) is 15.0. The van der Waals surface area contributed by atoms with E-state index in [0.29, 0.717) is 25.2 Å². The topological polar surface area (TPSA) is 66.6 Å². The Morgan fingerprint density at radius 2 is 1.90 bits per heavy atom. The van der Waals surface area contributed by atoms with Gasteiger partial charge < -0.3 is 10.6 Å². The molecule has 108 valence electrons. The third kappa shape index (κ3) is 3.80. The molecule has 0 aliphatic carbocycles. The van der Waals surface area contributed by atoms with Crippen LogP contribution in [0.1, 0.15) is 16.8 Å². The van der Waals surface area contributed by atoms with Crippen molar-refractivity contribution >= 4 is 27.7 Å². The van der Waals surface area contributed by atoms with Gasteiger partial charge in [0.05, 0.1) is 12.1 Å². The van der Waals surface area contributed by atoms with Crippen LogP contribution >= 0.6 is 15.9 Å². The Morgan fingerprint density at radius 1 is 1.15 bits per heavy atom. The highest BCUT2D eigenvalue weighted by atomic mass is 79.9. The number of carbonyl (C=O) groups is 2. The molecule has 0 atom stereocenters. The van der Waals surface area contributed by atoms with Crippen LogP contribution in [0.2, 0.25) is 0 Å². The summed E-state index contributed by atoms with van der Waals surface area (Å²) in [6.45, 7) is 3.06. The summed E-state index contributed by atoms with van der Waals surface area (Å²) in [7, 11) is 0. The normalized spacial score (nSPS) is 16.8. The quantitative estimate of drug-likeness (QED) is 0.896. The fourth-order valence-electron chi connectivity index (χ4n) is 2.36. The lowest BCUT2D eigenvalue weighted by atomic mass is 10.2. The van der Waals surface area contributed by atoms with Crippen molar-refractivity contribution in [1.82, 2.24) is 9.80 Å². The molecule has 0 saturated carbocycles. The van der Waals surface area contributed by atoms with Crippen molar-refractivity contribution in [3.63, 3.8) is 0 Å². The van der Waals surface area contributed by atoms with Gasteiger partial charge >= 0.3 is 0 Å². The third-order valence-electron chi connectivity index (χ3n) is 3.36. The second kappa shape index (κ2) is 6.85. The van der Waals surface area contributed by atoms with Gasteiger partial charge in [-0.25, -0.2) is 0 Å². The van der Waals surface area contributed by atoms with E-state index in [-0.39, 0.29) is 18.4 Å². The van der Waals surface area contributed by atoms with Crippen LogP contribution in [0, 0.1) is 0 Å². The number of amides is 2. The smallest absolute Gasteiger partial charge is 0.255 e. The summed E-state index contributed by atoms with van der Waals surface area (Å²) in [6, 6.07) is 7.43. The minimum Gasteiger partial charge on any atom is -0.369 e. The molecule has 0 unspecified atom stereocenters. The maximum Gasteiger partial charge on any atom is 0.255 e. The van der Waals surface area contributed by atoms with E-state index in [1.54, 1.807) is 0 Å². The minimum absolute atomic E-state index is 0.0263. The monoisotopic (exact) mass is 339 g/mol. The summed E-state index contributed by atoms with van der Waals surface area (Å²) >= 11 is 3.41. The summed E-state index contributed by atoms with van der Waals surface area (Å²) in [5.41, 5.74) is 5.89. The van der Waals surface area contributed by atoms with Crippen LogP contribution in [0.15, 0.2) is 28.7 Å². The Kier molecular flexibility index (Phi) is 5.14. The summed E-state index contributed by atoms with van der Waals surface area (Å²) < 4.78 is 0.809. The molecular formula is C14H18BrN3O2. The van der Waals surface area contributed by atoms with Gasteiger partial charge in [0.25, 0.3) is 5.91 Å². The SMILES string of the molecule is NC(=O)CN1CCCN(C(=O)c2ccccc2Br)CC1. The van der Waals surface area contributed by atoms with Crippen LogP contribution in [0.5, 0.6) is 0 Å². The lowest BCUT2D eigenvalue weighted by Gasteiger charge is -2.21. The first-order valence-electron chi connectivity index (χ1n) is 6.62. The molecule has 2 rings (SSSR count). The molecule has 1 aliphatic rings. The number of hydrogen-bond acceptors (Lipinski definition) is 3. The third-order valence-corrected chi connectivity index (χ3v) is 4.05. The average Bonchev–Trinajstić information content (AvgIpc) is 2.63. The van der Waals surface area contributed by atoms with E-state index in [1.165, 1.54) is 0 Å². The standard InChI is InChI=1S/C14H18BrN3O2/c15-12-5-2-1-4-11(12)14(20)18-7-3-6-17(8-9-18)10-13(16)19/h1-2,4-5H,3,6-10H2,(H2,16,19). The number of halogens is 1. The van der Waals surface area contributed by atoms with Crippen molar-refractivity contribution in [2.24, 2.45) is 5.73 Å². The lowest BCUT2D eigenvalue weighted by Crippen LogP contribution is -2.38. The molecule has 1 aromatic rings. The van der Waals surface area contributed by atoms with Crippen molar-refractivity contribution < 1.29 is 9.59 Å². The zero-order valence-electron chi connectivity index (χ0n) is 11.2. The molecule has 0 radical (unpaired) electrons. The zero-order chi connectivity index (χ0) is 14.5. The largest absolute Gasteiger partial charge is 0.369 e. The fourth-order valence-corrected chi connectivity index (χ4v) is 2.81. The van der Waals surface area contributed by atoms with Gasteiger partial charge in [-0.1, -0.05) is 12.1 Å². The molecule has 0 bridgehead atoms. The Hall–Kier alpha value is -1.40. The highest BCUT2D eigenvalue weighted by molar-refractivity contribution is 9.10. The summed E-state index contributed by atoms with van der Waals surface area (Å²) in [6.07, 6.45) is 0.851. The van der Waals surface area contributed by atoms with Gasteiger partial charge in [-0.3, -0.25) is 14.5 Å². The van der Waals surface area contributed by atoms with Gasteiger partial charge in [0.2, 0.25) is 5.91 Å². The molecule has 20 heavy (non-hydrogen) atoms. The van der Waals surface area contributed by atoms with E-state index in [4.69, 9.17) is 5.73 Å². The number of hydrogen-bond donors (Lipinski definition) is 1. The number of nitrogens with zero attached hydrogens (tertiary/aromatic N) is 2. The number of primary amides is 1. The summed E-state index contributed by atoms with van der Waals surface area (Å²) in [5.74, 6) is -0.297. The van der Waals surface area contributed by atoms with Gasteiger partial charge in [-0.15, -0.1) is 0 Å². The van der Waals surface area contributed by atoms with E-state index in [0.717, 1.165) is 17.4 Å². The van der Waals surface area contributed by atoms with Crippen LogP contribution in [0.25, 0.3) is 0 Å². The Balaban J connectivity index is 2.02. The Bertz CT molecular complexity index is 507. The molecule has 6 heteroatoms. The molecule has 1 aromatic carbocycles. The average molecular weight is 340 g/mol. The molecule has 0 aromatic heterocycles. The van der Waals surface area contributed by atoms with Crippen LogP contribution in [-0.4, -0.2) is 54.3 Å². The molecule has 1 heterocycles. The molecule has 1 saturated heterocycles. The first-order chi connectivity index (χ1) is 9.58. The van der Waals surface area contributed by atoms with E-state index in [1.807, 2.05) is 34.1 Å². The predicted molar refractivity (Wildman–Crippen MR) is 80.3 cm³/mol. The number of nitrogens with two attached hydrogens (primary N) is 1. The minimum atomic E-state index is -0.324. The highest BCUT2D eigenvalue weighted by Crippen LogP contribution is 2.18. The van der Waals surface area contributed by atoms with E-state index in [9.17, 15) is 9.59 Å². The van der Waals surface area contributed by atoms with Crippen LogP contribution < -0.4 is 5.73 Å². The zero-order valence-corrected chi connectivity index (χ0v) is 12.8. The molecule has 2 N–H and O–H groups in total. The van der Waals surface area contributed by atoms with Gasteiger partial charge in [0, 0.05) is 30.7 Å². The van der Waals surface area contributed by atoms with Crippen molar-refractivity contribution in [2.75, 3.05) is 32.7 Å². The number of benzene rings is 1. The van der Waals surface area contributed by atoms with Crippen LogP contribution in [0.4, 0.5) is 0 Å². The molecule has 0 spiro atoms. The lowest BCUT2D eigenvalue weighted by molar-refractivity contribution is -0.119. The molecule has 2 amide bonds. The predicted octanol–water partition coefficient (Wildman–Crippen LogP) is 1.08. The Labute approximate surface area is 126 Å². The van der Waals surface area contributed by atoms with Gasteiger partial charge in [-0.05, 0) is 34.5 Å². The molecule has 5 nitrogen and oxygen atoms in total. The molecule has 1 fully saturated rings. The second-order valence-electron chi connectivity index (χ2n) is 4.87. The number of rotatable bonds is 3. The molecular weight excluding hydrogens is 322 g/mol. The highest BCUT2D eigenvalue weighted by Gasteiger charge is 2.21. The second-order valence-corrected chi connectivity index (χ2v) is 5.72. The van der Waals surface area contributed by atoms with Crippen molar-refractivity contribution in [1.29, 1.82) is 0 Å². The maximum atomic E-state index is 12.5. The number of carbonyl (C=O) groups excluding carboxylic acids is 2. The van der Waals surface area contributed by atoms with Crippen molar-refractivity contribution in [3.05, 3.63) is 34.3 Å². The van der Waals surface area contributed by atoms with Crippen LogP contribution in [0.3, 0.4) is 0 Å². The van der Waals surface area contributed by atoms with Crippen LogP contribution in [-0.2, 0) is 4.79 Å².